The first-order valence-electron chi connectivity index (χ1n) is 8.64. The normalized spacial score (nSPS) is 23.7. The average Bonchev–Trinajstić information content (AvgIpc) is 2.91. The topological polar surface area (TPSA) is 52.6 Å². The molecule has 1 amide bonds. The summed E-state index contributed by atoms with van der Waals surface area (Å²) in [7, 11) is 1.97. The molecule has 128 valence electrons. The number of nitrogens with zero attached hydrogens (tertiary/aromatic N) is 1. The molecule has 1 aliphatic rings. The highest BCUT2D eigenvalue weighted by Gasteiger charge is 2.29. The van der Waals surface area contributed by atoms with Gasteiger partial charge < -0.3 is 10.4 Å². The zero-order valence-corrected chi connectivity index (χ0v) is 14.7. The van der Waals surface area contributed by atoms with Gasteiger partial charge in [0, 0.05) is 6.54 Å². The van der Waals surface area contributed by atoms with E-state index in [1.54, 1.807) is 0 Å². The van der Waals surface area contributed by atoms with E-state index in [0.717, 1.165) is 31.4 Å². The SMILES string of the molecule is Cc1ccccc1C(C)NC(=O)C(C)N(C)CC1CCCC1O. The van der Waals surface area contributed by atoms with Gasteiger partial charge in [0.05, 0.1) is 18.2 Å². The molecule has 0 spiro atoms. The maximum Gasteiger partial charge on any atom is 0.237 e. The highest BCUT2D eigenvalue weighted by atomic mass is 16.3. The number of carbonyl (C=O) groups is 1. The fourth-order valence-electron chi connectivity index (χ4n) is 3.44. The fraction of sp³-hybridized carbons (Fsp3) is 0.632. The van der Waals surface area contributed by atoms with E-state index >= 15 is 0 Å². The van der Waals surface area contributed by atoms with Crippen LogP contribution in [-0.2, 0) is 4.79 Å². The number of likely N-dealkylation sites (N-methyl/N-ethyl adjacent to an activating group) is 1. The first-order chi connectivity index (χ1) is 10.9. The number of hydrogen-bond acceptors (Lipinski definition) is 3. The van der Waals surface area contributed by atoms with Crippen molar-refractivity contribution in [1.29, 1.82) is 0 Å². The number of rotatable bonds is 6. The first-order valence-corrected chi connectivity index (χ1v) is 8.64. The Hall–Kier alpha value is -1.39. The summed E-state index contributed by atoms with van der Waals surface area (Å²) < 4.78 is 0. The van der Waals surface area contributed by atoms with Gasteiger partial charge in [-0.1, -0.05) is 30.7 Å². The Morgan fingerprint density at radius 1 is 1.35 bits per heavy atom. The molecule has 2 rings (SSSR count). The fourth-order valence-corrected chi connectivity index (χ4v) is 3.44. The van der Waals surface area contributed by atoms with Crippen molar-refractivity contribution in [3.05, 3.63) is 35.4 Å². The van der Waals surface area contributed by atoms with Gasteiger partial charge in [-0.25, -0.2) is 0 Å². The Morgan fingerprint density at radius 2 is 2.04 bits per heavy atom. The molecule has 2 N–H and O–H groups in total. The number of aliphatic hydroxyl groups excluding tert-OH is 1. The number of hydrogen-bond donors (Lipinski definition) is 2. The van der Waals surface area contributed by atoms with Crippen LogP contribution in [0.15, 0.2) is 24.3 Å². The minimum atomic E-state index is -0.210. The van der Waals surface area contributed by atoms with E-state index in [1.165, 1.54) is 5.56 Å². The molecule has 1 saturated carbocycles. The average molecular weight is 318 g/mol. The summed E-state index contributed by atoms with van der Waals surface area (Å²) in [6, 6.07) is 7.93. The second-order valence-electron chi connectivity index (χ2n) is 6.96. The van der Waals surface area contributed by atoms with E-state index in [2.05, 4.69) is 29.3 Å². The molecule has 4 heteroatoms. The van der Waals surface area contributed by atoms with E-state index in [-0.39, 0.29) is 24.1 Å². The second-order valence-corrected chi connectivity index (χ2v) is 6.96. The monoisotopic (exact) mass is 318 g/mol. The molecule has 0 aliphatic heterocycles. The summed E-state index contributed by atoms with van der Waals surface area (Å²) in [5.74, 6) is 0.333. The van der Waals surface area contributed by atoms with Gasteiger partial charge in [-0.3, -0.25) is 9.69 Å². The van der Waals surface area contributed by atoms with Gasteiger partial charge in [0.25, 0.3) is 0 Å². The molecule has 1 fully saturated rings. The number of aryl methyl sites for hydroxylation is 1. The van der Waals surface area contributed by atoms with Crippen LogP contribution in [0.1, 0.15) is 50.3 Å². The van der Waals surface area contributed by atoms with Crippen LogP contribution in [0.5, 0.6) is 0 Å². The van der Waals surface area contributed by atoms with Crippen molar-refractivity contribution < 1.29 is 9.90 Å². The third-order valence-electron chi connectivity index (χ3n) is 5.20. The van der Waals surface area contributed by atoms with Crippen LogP contribution in [0.2, 0.25) is 0 Å². The van der Waals surface area contributed by atoms with Crippen molar-refractivity contribution in [3.63, 3.8) is 0 Å². The molecule has 4 atom stereocenters. The number of nitrogens with one attached hydrogen (secondary N) is 1. The Labute approximate surface area is 139 Å². The highest BCUT2D eigenvalue weighted by Crippen LogP contribution is 2.26. The van der Waals surface area contributed by atoms with Crippen molar-refractivity contribution in [3.8, 4) is 0 Å². The summed E-state index contributed by atoms with van der Waals surface area (Å²) in [5.41, 5.74) is 2.34. The van der Waals surface area contributed by atoms with E-state index in [0.29, 0.717) is 5.92 Å². The molecule has 1 aliphatic carbocycles. The highest BCUT2D eigenvalue weighted by molar-refractivity contribution is 5.81. The van der Waals surface area contributed by atoms with Gasteiger partial charge in [-0.05, 0) is 57.7 Å². The summed E-state index contributed by atoms with van der Waals surface area (Å²) >= 11 is 0. The molecule has 0 radical (unpaired) electrons. The lowest BCUT2D eigenvalue weighted by Gasteiger charge is -2.29. The maximum atomic E-state index is 12.5. The summed E-state index contributed by atoms with van der Waals surface area (Å²) in [6.45, 7) is 6.79. The number of carbonyl (C=O) groups excluding carboxylic acids is 1. The van der Waals surface area contributed by atoms with E-state index < -0.39 is 0 Å². The Bertz CT molecular complexity index is 532. The number of amides is 1. The van der Waals surface area contributed by atoms with Gasteiger partial charge >= 0.3 is 0 Å². The lowest BCUT2D eigenvalue weighted by Crippen LogP contribution is -2.46. The maximum absolute atomic E-state index is 12.5. The third-order valence-corrected chi connectivity index (χ3v) is 5.20. The largest absolute Gasteiger partial charge is 0.393 e. The molecular weight excluding hydrogens is 288 g/mol. The lowest BCUT2D eigenvalue weighted by molar-refractivity contribution is -0.126. The van der Waals surface area contributed by atoms with Crippen molar-refractivity contribution in [2.75, 3.05) is 13.6 Å². The minimum absolute atomic E-state index is 0.00313. The Kier molecular flexibility index (Phi) is 6.19. The molecular formula is C19H30N2O2. The van der Waals surface area contributed by atoms with Crippen LogP contribution in [-0.4, -0.2) is 41.7 Å². The van der Waals surface area contributed by atoms with Gasteiger partial charge in [0.2, 0.25) is 5.91 Å². The van der Waals surface area contributed by atoms with Gasteiger partial charge in [0.15, 0.2) is 0 Å². The third kappa shape index (κ3) is 4.55. The van der Waals surface area contributed by atoms with Crippen LogP contribution in [0.4, 0.5) is 0 Å². The smallest absolute Gasteiger partial charge is 0.237 e. The standard InChI is InChI=1S/C19H30N2O2/c1-13-8-5-6-10-17(13)14(2)20-19(23)15(3)21(4)12-16-9-7-11-18(16)22/h5-6,8,10,14-16,18,22H,7,9,11-12H2,1-4H3,(H,20,23). The van der Waals surface area contributed by atoms with Crippen molar-refractivity contribution >= 4 is 5.91 Å². The lowest BCUT2D eigenvalue weighted by atomic mass is 10.0. The van der Waals surface area contributed by atoms with Crippen LogP contribution < -0.4 is 5.32 Å². The molecule has 4 unspecified atom stereocenters. The molecule has 4 nitrogen and oxygen atoms in total. The zero-order chi connectivity index (χ0) is 17.0. The van der Waals surface area contributed by atoms with Crippen LogP contribution in [0.25, 0.3) is 0 Å². The van der Waals surface area contributed by atoms with E-state index in [1.807, 2.05) is 33.0 Å². The van der Waals surface area contributed by atoms with Crippen molar-refractivity contribution in [1.82, 2.24) is 10.2 Å². The van der Waals surface area contributed by atoms with Crippen LogP contribution >= 0.6 is 0 Å². The van der Waals surface area contributed by atoms with Crippen molar-refractivity contribution in [2.24, 2.45) is 5.92 Å². The molecule has 1 aromatic rings. The Balaban J connectivity index is 1.90. The quantitative estimate of drug-likeness (QED) is 0.848. The second kappa shape index (κ2) is 7.93. The molecule has 0 heterocycles. The Morgan fingerprint density at radius 3 is 2.65 bits per heavy atom. The molecule has 23 heavy (non-hydrogen) atoms. The molecule has 0 aromatic heterocycles. The van der Waals surface area contributed by atoms with Gasteiger partial charge in [-0.2, -0.15) is 0 Å². The number of benzene rings is 1. The predicted molar refractivity (Wildman–Crippen MR) is 93.2 cm³/mol. The van der Waals surface area contributed by atoms with Crippen molar-refractivity contribution in [2.45, 2.75) is 58.2 Å². The summed E-state index contributed by atoms with van der Waals surface area (Å²) in [5, 5.41) is 13.1. The minimum Gasteiger partial charge on any atom is -0.393 e. The summed E-state index contributed by atoms with van der Waals surface area (Å²) in [4.78, 5) is 14.6. The predicted octanol–water partition coefficient (Wildman–Crippen LogP) is 2.65. The van der Waals surface area contributed by atoms with Gasteiger partial charge in [0.1, 0.15) is 0 Å². The van der Waals surface area contributed by atoms with Crippen LogP contribution in [0, 0.1) is 12.8 Å². The zero-order valence-electron chi connectivity index (χ0n) is 14.7. The van der Waals surface area contributed by atoms with E-state index in [4.69, 9.17) is 0 Å². The molecule has 0 bridgehead atoms. The molecule has 0 saturated heterocycles. The number of aliphatic hydroxyl groups is 1. The van der Waals surface area contributed by atoms with E-state index in [9.17, 15) is 9.90 Å². The summed E-state index contributed by atoms with van der Waals surface area (Å²) in [6.07, 6.45) is 2.83. The first kappa shape index (κ1) is 18.0. The van der Waals surface area contributed by atoms with Crippen LogP contribution in [0.3, 0.4) is 0 Å². The molecule has 1 aromatic carbocycles. The van der Waals surface area contributed by atoms with Gasteiger partial charge in [-0.15, -0.1) is 0 Å².